The molecule has 3 aromatic heterocycles. The topological polar surface area (TPSA) is 90.7 Å². The highest BCUT2D eigenvalue weighted by molar-refractivity contribution is 5.87. The predicted molar refractivity (Wildman–Crippen MR) is 124 cm³/mol. The number of hydrogen-bond acceptors (Lipinski definition) is 6. The summed E-state index contributed by atoms with van der Waals surface area (Å²) in [7, 11) is 1.94. The van der Waals surface area contributed by atoms with Gasteiger partial charge in [-0.2, -0.15) is 10.2 Å². The second-order valence-electron chi connectivity index (χ2n) is 10.5. The van der Waals surface area contributed by atoms with Gasteiger partial charge in [0.25, 0.3) is 0 Å². The molecule has 2 fully saturated rings. The van der Waals surface area contributed by atoms with Crippen LogP contribution in [0.4, 0.5) is 5.82 Å². The van der Waals surface area contributed by atoms with Crippen molar-refractivity contribution in [2.75, 3.05) is 11.4 Å². The van der Waals surface area contributed by atoms with Crippen LogP contribution in [0.3, 0.4) is 0 Å². The fourth-order valence-electron chi connectivity index (χ4n) is 6.67. The molecular weight excluding hydrogens is 400 g/mol. The summed E-state index contributed by atoms with van der Waals surface area (Å²) in [6, 6.07) is 0.408. The molecule has 0 spiro atoms. The molecule has 3 atom stereocenters. The van der Waals surface area contributed by atoms with Gasteiger partial charge in [-0.25, -0.2) is 9.97 Å². The first kappa shape index (κ1) is 20.1. The van der Waals surface area contributed by atoms with Crippen LogP contribution in [-0.2, 0) is 26.6 Å². The van der Waals surface area contributed by atoms with E-state index in [1.165, 1.54) is 49.8 Å². The van der Waals surface area contributed by atoms with Gasteiger partial charge in [0.05, 0.1) is 17.3 Å². The van der Waals surface area contributed by atoms with Crippen molar-refractivity contribution >= 4 is 16.9 Å². The fraction of sp³-hybridized carbons (Fsp3) is 0.667. The van der Waals surface area contributed by atoms with E-state index in [1.54, 1.807) is 0 Å². The lowest BCUT2D eigenvalue weighted by atomic mass is 9.60. The molecule has 8 heteroatoms. The van der Waals surface area contributed by atoms with Crippen LogP contribution in [0.15, 0.2) is 6.20 Å². The van der Waals surface area contributed by atoms with Gasteiger partial charge in [-0.15, -0.1) is 0 Å². The van der Waals surface area contributed by atoms with Crippen LogP contribution in [0.25, 0.3) is 11.0 Å². The van der Waals surface area contributed by atoms with Crippen molar-refractivity contribution in [3.05, 3.63) is 29.0 Å². The second kappa shape index (κ2) is 7.27. The highest BCUT2D eigenvalue weighted by atomic mass is 15.3. The minimum atomic E-state index is 0.397. The highest BCUT2D eigenvalue weighted by Crippen LogP contribution is 2.49. The van der Waals surface area contributed by atoms with Gasteiger partial charge >= 0.3 is 0 Å². The number of nitrogens with two attached hydrogens (primary N) is 1. The van der Waals surface area contributed by atoms with Crippen molar-refractivity contribution in [2.45, 2.75) is 77.9 Å². The van der Waals surface area contributed by atoms with Crippen molar-refractivity contribution in [3.8, 4) is 0 Å². The average Bonchev–Trinajstić information content (AvgIpc) is 3.30. The van der Waals surface area contributed by atoms with Crippen molar-refractivity contribution in [2.24, 2.45) is 24.1 Å². The van der Waals surface area contributed by atoms with Gasteiger partial charge in [0.1, 0.15) is 11.6 Å². The molecule has 6 rings (SSSR count). The molecule has 3 aliphatic rings. The van der Waals surface area contributed by atoms with Crippen LogP contribution in [-0.4, -0.2) is 42.1 Å². The van der Waals surface area contributed by atoms with Crippen LogP contribution in [0.5, 0.6) is 0 Å². The first-order valence-corrected chi connectivity index (χ1v) is 12.1. The Morgan fingerprint density at radius 3 is 2.94 bits per heavy atom. The number of hydrogen-bond donors (Lipinski definition) is 1. The van der Waals surface area contributed by atoms with Crippen LogP contribution in [0, 0.1) is 25.2 Å². The lowest BCUT2D eigenvalue weighted by Crippen LogP contribution is -2.46. The van der Waals surface area contributed by atoms with Gasteiger partial charge < -0.3 is 10.6 Å². The van der Waals surface area contributed by atoms with Crippen LogP contribution in [0.2, 0.25) is 0 Å². The third-order valence-electron chi connectivity index (χ3n) is 8.39. The number of nitrogens with zero attached hydrogens (tertiary/aromatic N) is 7. The third-order valence-corrected chi connectivity index (χ3v) is 8.39. The number of rotatable bonds is 3. The smallest absolute Gasteiger partial charge is 0.163 e. The molecule has 0 amide bonds. The Balaban J connectivity index is 1.30. The maximum Gasteiger partial charge on any atom is 0.163 e. The van der Waals surface area contributed by atoms with Crippen molar-refractivity contribution in [1.29, 1.82) is 0 Å². The normalized spacial score (nSPS) is 27.7. The standard InChI is InChI=1S/C24H34N8/c1-15-19-13-31(23-18-12-26-30(3)22(18)27-16(2)28-23)10-7-21(19)32(29-15)14-24-8-4-5-17(11-24)20(25)6-9-24/h12,17,20H,4-11,13-14,25H2,1-3H3. The van der Waals surface area contributed by atoms with Crippen molar-refractivity contribution in [1.82, 2.24) is 29.5 Å². The van der Waals surface area contributed by atoms with E-state index in [1.807, 2.05) is 24.9 Å². The minimum absolute atomic E-state index is 0.397. The Morgan fingerprint density at radius 1 is 1.19 bits per heavy atom. The monoisotopic (exact) mass is 434 g/mol. The van der Waals surface area contributed by atoms with Crippen LogP contribution in [0.1, 0.15) is 61.3 Å². The zero-order valence-electron chi connectivity index (χ0n) is 19.5. The number of aromatic nitrogens is 6. The molecule has 0 saturated heterocycles. The predicted octanol–water partition coefficient (Wildman–Crippen LogP) is 3.04. The van der Waals surface area contributed by atoms with Crippen molar-refractivity contribution in [3.63, 3.8) is 0 Å². The summed E-state index contributed by atoms with van der Waals surface area (Å²) in [6.45, 7) is 6.98. The summed E-state index contributed by atoms with van der Waals surface area (Å²) in [5.74, 6) is 2.49. The first-order valence-electron chi connectivity index (χ1n) is 12.1. The molecule has 3 unspecified atom stereocenters. The molecule has 4 heterocycles. The molecule has 32 heavy (non-hydrogen) atoms. The number of anilines is 1. The van der Waals surface area contributed by atoms with Gasteiger partial charge in [0.15, 0.2) is 5.65 Å². The van der Waals surface area contributed by atoms with Gasteiger partial charge in [-0.3, -0.25) is 9.36 Å². The molecule has 0 aromatic carbocycles. The Morgan fingerprint density at radius 2 is 2.06 bits per heavy atom. The van der Waals surface area contributed by atoms with E-state index < -0.39 is 0 Å². The molecule has 0 radical (unpaired) electrons. The third kappa shape index (κ3) is 3.14. The highest BCUT2D eigenvalue weighted by Gasteiger charge is 2.43. The number of aryl methyl sites for hydroxylation is 3. The lowest BCUT2D eigenvalue weighted by Gasteiger charge is -2.48. The van der Waals surface area contributed by atoms with Gasteiger partial charge in [-0.05, 0) is 57.3 Å². The SMILES string of the molecule is Cc1nc(N2CCc3c(c(C)nn3CC34CCCC(C3)C(N)CC4)C2)c2cnn(C)c2n1. The zero-order chi connectivity index (χ0) is 22.0. The Bertz CT molecular complexity index is 1180. The molecule has 2 saturated carbocycles. The van der Waals surface area contributed by atoms with E-state index in [-0.39, 0.29) is 0 Å². The molecule has 8 nitrogen and oxygen atoms in total. The lowest BCUT2D eigenvalue weighted by molar-refractivity contribution is 0.0423. The number of fused-ring (bicyclic) bond motifs is 4. The average molecular weight is 435 g/mol. The van der Waals surface area contributed by atoms with E-state index in [2.05, 4.69) is 26.6 Å². The fourth-order valence-corrected chi connectivity index (χ4v) is 6.67. The second-order valence-corrected chi connectivity index (χ2v) is 10.5. The molecule has 2 bridgehead atoms. The molecule has 2 N–H and O–H groups in total. The molecule has 2 aliphatic carbocycles. The van der Waals surface area contributed by atoms with E-state index in [0.29, 0.717) is 17.4 Å². The Kier molecular flexibility index (Phi) is 4.58. The van der Waals surface area contributed by atoms with Crippen molar-refractivity contribution < 1.29 is 0 Å². The molecule has 170 valence electrons. The molecular formula is C24H34N8. The Labute approximate surface area is 189 Å². The summed E-state index contributed by atoms with van der Waals surface area (Å²) in [5.41, 5.74) is 11.7. The van der Waals surface area contributed by atoms with Gasteiger partial charge in [0, 0.05) is 50.4 Å². The molecule has 3 aromatic rings. The van der Waals surface area contributed by atoms with Crippen LogP contribution < -0.4 is 10.6 Å². The largest absolute Gasteiger partial charge is 0.351 e. The van der Waals surface area contributed by atoms with E-state index in [4.69, 9.17) is 15.8 Å². The summed E-state index contributed by atoms with van der Waals surface area (Å²) in [5, 5.41) is 10.5. The molecule has 1 aliphatic heterocycles. The quantitative estimate of drug-likeness (QED) is 0.681. The summed E-state index contributed by atoms with van der Waals surface area (Å²) < 4.78 is 4.20. The summed E-state index contributed by atoms with van der Waals surface area (Å²) in [6.07, 6.45) is 10.6. The first-order chi connectivity index (χ1) is 15.4. The maximum absolute atomic E-state index is 6.43. The zero-order valence-corrected chi connectivity index (χ0v) is 19.5. The minimum Gasteiger partial charge on any atom is -0.351 e. The van der Waals surface area contributed by atoms with E-state index in [9.17, 15) is 0 Å². The van der Waals surface area contributed by atoms with E-state index in [0.717, 1.165) is 54.4 Å². The van der Waals surface area contributed by atoms with Crippen LogP contribution >= 0.6 is 0 Å². The summed E-state index contributed by atoms with van der Waals surface area (Å²) >= 11 is 0. The van der Waals surface area contributed by atoms with Gasteiger partial charge in [-0.1, -0.05) is 6.42 Å². The Hall–Kier alpha value is -2.48. The summed E-state index contributed by atoms with van der Waals surface area (Å²) in [4.78, 5) is 11.8. The maximum atomic E-state index is 6.43. The van der Waals surface area contributed by atoms with Gasteiger partial charge in [0.2, 0.25) is 0 Å². The van der Waals surface area contributed by atoms with E-state index >= 15 is 0 Å².